The molecular formula is C6H4NO3. The zero-order valence-electron chi connectivity index (χ0n) is 4.98. The molecule has 1 heterocycles. The quantitative estimate of drug-likeness (QED) is 0.456. The first kappa shape index (κ1) is 6.54. The maximum Gasteiger partial charge on any atom is 0.246 e. The van der Waals surface area contributed by atoms with Crippen LogP contribution in [-0.4, -0.2) is 4.92 Å². The highest BCUT2D eigenvalue weighted by atomic mass is 16.6. The van der Waals surface area contributed by atoms with E-state index in [1.807, 2.05) is 0 Å². The molecule has 4 nitrogen and oxygen atoms in total. The summed E-state index contributed by atoms with van der Waals surface area (Å²) in [5.41, 5.74) is 0. The Kier molecular flexibility index (Phi) is 1.84. The molecule has 0 amide bonds. The van der Waals surface area contributed by atoms with Gasteiger partial charge in [-0.05, 0) is 12.1 Å². The summed E-state index contributed by atoms with van der Waals surface area (Å²) in [6.45, 7) is 0. The lowest BCUT2D eigenvalue weighted by Crippen LogP contribution is -1.82. The highest BCUT2D eigenvalue weighted by molar-refractivity contribution is 5.06. The van der Waals surface area contributed by atoms with Gasteiger partial charge < -0.3 is 4.42 Å². The third kappa shape index (κ3) is 1.74. The van der Waals surface area contributed by atoms with E-state index >= 15 is 0 Å². The Morgan fingerprint density at radius 1 is 1.80 bits per heavy atom. The van der Waals surface area contributed by atoms with Crippen molar-refractivity contribution in [3.63, 3.8) is 0 Å². The molecule has 0 saturated heterocycles. The van der Waals surface area contributed by atoms with E-state index in [4.69, 9.17) is 4.42 Å². The van der Waals surface area contributed by atoms with Crippen molar-refractivity contribution in [2.24, 2.45) is 0 Å². The van der Waals surface area contributed by atoms with Crippen LogP contribution in [0.2, 0.25) is 0 Å². The van der Waals surface area contributed by atoms with Crippen LogP contribution in [0, 0.1) is 16.2 Å². The molecule has 4 heteroatoms. The van der Waals surface area contributed by atoms with Crippen molar-refractivity contribution in [2.75, 3.05) is 0 Å². The van der Waals surface area contributed by atoms with Gasteiger partial charge in [0.05, 0.1) is 11.2 Å². The molecule has 1 aromatic rings. The van der Waals surface area contributed by atoms with Crippen LogP contribution in [0.3, 0.4) is 0 Å². The fourth-order valence-electron chi connectivity index (χ4n) is 0.477. The van der Waals surface area contributed by atoms with Gasteiger partial charge >= 0.3 is 0 Å². The van der Waals surface area contributed by atoms with Crippen molar-refractivity contribution >= 4 is 0 Å². The third-order valence-corrected chi connectivity index (χ3v) is 0.833. The monoisotopic (exact) mass is 138 g/mol. The van der Waals surface area contributed by atoms with Gasteiger partial charge in [-0.3, -0.25) is 10.1 Å². The van der Waals surface area contributed by atoms with Gasteiger partial charge in [-0.2, -0.15) is 0 Å². The lowest BCUT2D eigenvalue weighted by Gasteiger charge is -1.76. The van der Waals surface area contributed by atoms with Crippen LogP contribution >= 0.6 is 0 Å². The Bertz CT molecular complexity index is 238. The van der Waals surface area contributed by atoms with E-state index in [2.05, 4.69) is 6.08 Å². The first-order chi connectivity index (χ1) is 4.79. The van der Waals surface area contributed by atoms with Gasteiger partial charge in [0.2, 0.25) is 6.20 Å². The smallest absolute Gasteiger partial charge is 0.246 e. The van der Waals surface area contributed by atoms with Crippen molar-refractivity contribution in [3.05, 3.63) is 46.5 Å². The molecule has 0 unspecified atom stereocenters. The van der Waals surface area contributed by atoms with Crippen molar-refractivity contribution in [1.82, 2.24) is 0 Å². The Hall–Kier alpha value is -1.58. The van der Waals surface area contributed by atoms with E-state index in [1.165, 1.54) is 6.26 Å². The van der Waals surface area contributed by atoms with Crippen LogP contribution in [0.1, 0.15) is 5.76 Å². The van der Waals surface area contributed by atoms with Crippen molar-refractivity contribution in [2.45, 2.75) is 0 Å². The topological polar surface area (TPSA) is 56.3 Å². The first-order valence-electron chi connectivity index (χ1n) is 2.56. The predicted octanol–water partition coefficient (Wildman–Crippen LogP) is 1.22. The Morgan fingerprint density at radius 3 is 3.10 bits per heavy atom. The summed E-state index contributed by atoms with van der Waals surface area (Å²) in [6, 6.07) is 3.22. The van der Waals surface area contributed by atoms with Crippen LogP contribution in [-0.2, 0) is 0 Å². The molecule has 0 aromatic carbocycles. The summed E-state index contributed by atoms with van der Waals surface area (Å²) in [6.07, 6.45) is 4.47. The van der Waals surface area contributed by atoms with Crippen LogP contribution < -0.4 is 0 Å². The van der Waals surface area contributed by atoms with E-state index in [0.29, 0.717) is 12.0 Å². The van der Waals surface area contributed by atoms with Crippen LogP contribution in [0.4, 0.5) is 0 Å². The summed E-state index contributed by atoms with van der Waals surface area (Å²) in [5, 5.41) is 9.74. The van der Waals surface area contributed by atoms with Gasteiger partial charge in [0.15, 0.2) is 0 Å². The molecule has 10 heavy (non-hydrogen) atoms. The van der Waals surface area contributed by atoms with Crippen molar-refractivity contribution in [3.8, 4) is 0 Å². The molecule has 0 atom stereocenters. The largest absolute Gasteiger partial charge is 0.464 e. The second-order valence-electron chi connectivity index (χ2n) is 1.54. The molecule has 1 radical (unpaired) electrons. The van der Waals surface area contributed by atoms with Crippen LogP contribution in [0.15, 0.2) is 29.0 Å². The Balaban J connectivity index is 2.64. The first-order valence-corrected chi connectivity index (χ1v) is 2.56. The number of hydrogen-bond acceptors (Lipinski definition) is 3. The molecule has 0 spiro atoms. The van der Waals surface area contributed by atoms with Crippen LogP contribution in [0.25, 0.3) is 0 Å². The summed E-state index contributed by atoms with van der Waals surface area (Å²) >= 11 is 0. The lowest BCUT2D eigenvalue weighted by molar-refractivity contribution is -0.403. The van der Waals surface area contributed by atoms with Gasteiger partial charge in [-0.25, -0.2) is 0 Å². The molecule has 0 bridgehead atoms. The highest BCUT2D eigenvalue weighted by Crippen LogP contribution is 1.98. The molecule has 0 N–H and O–H groups in total. The van der Waals surface area contributed by atoms with Gasteiger partial charge in [0.1, 0.15) is 11.8 Å². The minimum atomic E-state index is -0.595. The second kappa shape index (κ2) is 2.82. The number of furan rings is 1. The van der Waals surface area contributed by atoms with Crippen molar-refractivity contribution < 1.29 is 9.34 Å². The Morgan fingerprint density at radius 2 is 2.60 bits per heavy atom. The zero-order chi connectivity index (χ0) is 7.40. The maximum atomic E-state index is 9.74. The fourth-order valence-corrected chi connectivity index (χ4v) is 0.477. The van der Waals surface area contributed by atoms with Crippen LogP contribution in [0.5, 0.6) is 0 Å². The molecule has 1 rings (SSSR count). The zero-order valence-corrected chi connectivity index (χ0v) is 4.98. The van der Waals surface area contributed by atoms with E-state index < -0.39 is 4.92 Å². The predicted molar refractivity (Wildman–Crippen MR) is 32.6 cm³/mol. The van der Waals surface area contributed by atoms with Gasteiger partial charge in [0, 0.05) is 0 Å². The van der Waals surface area contributed by atoms with Crippen molar-refractivity contribution in [1.29, 1.82) is 0 Å². The molecule has 51 valence electrons. The molecule has 1 aromatic heterocycles. The summed E-state index contributed by atoms with van der Waals surface area (Å²) in [7, 11) is 0. The molecular weight excluding hydrogens is 134 g/mol. The summed E-state index contributed by atoms with van der Waals surface area (Å²) in [4.78, 5) is 9.15. The molecule has 0 aliphatic rings. The SMILES string of the molecule is O=[N+]([O-])/C=[C]/c1ccco1. The van der Waals surface area contributed by atoms with E-state index in [0.717, 1.165) is 0 Å². The van der Waals surface area contributed by atoms with E-state index in [9.17, 15) is 10.1 Å². The fraction of sp³-hybridized carbons (Fsp3) is 0. The lowest BCUT2D eigenvalue weighted by atomic mass is 10.4. The number of nitro groups is 1. The van der Waals surface area contributed by atoms with Gasteiger partial charge in [0.25, 0.3) is 0 Å². The molecule has 0 saturated carbocycles. The second-order valence-corrected chi connectivity index (χ2v) is 1.54. The average molecular weight is 138 g/mol. The number of hydrogen-bond donors (Lipinski definition) is 0. The van der Waals surface area contributed by atoms with Gasteiger partial charge in [-0.15, -0.1) is 0 Å². The molecule has 0 fully saturated rings. The average Bonchev–Trinajstić information content (AvgIpc) is 2.34. The molecule has 0 aliphatic carbocycles. The Labute approximate surface area is 56.9 Å². The summed E-state index contributed by atoms with van der Waals surface area (Å²) in [5.74, 6) is 0.358. The summed E-state index contributed by atoms with van der Waals surface area (Å²) < 4.78 is 4.74. The van der Waals surface area contributed by atoms with E-state index in [1.54, 1.807) is 12.1 Å². The highest BCUT2D eigenvalue weighted by Gasteiger charge is 1.91. The number of nitrogens with zero attached hydrogens (tertiary/aromatic N) is 1. The van der Waals surface area contributed by atoms with Gasteiger partial charge in [-0.1, -0.05) is 0 Å². The minimum Gasteiger partial charge on any atom is -0.464 e. The number of rotatable bonds is 2. The standard InChI is InChI=1S/C6H4NO3/c8-7(9)4-3-6-2-1-5-10-6/h1-2,4-5H. The maximum absolute atomic E-state index is 9.74. The normalized spacial score (nSPS) is 10.4. The third-order valence-electron chi connectivity index (χ3n) is 0.833. The molecule has 0 aliphatic heterocycles. The minimum absolute atomic E-state index is 0.358. The van der Waals surface area contributed by atoms with E-state index in [-0.39, 0.29) is 0 Å².